The van der Waals surface area contributed by atoms with Crippen LogP contribution in [0.5, 0.6) is 11.5 Å². The van der Waals surface area contributed by atoms with Gasteiger partial charge in [-0.1, -0.05) is 18.2 Å². The van der Waals surface area contributed by atoms with Crippen molar-refractivity contribution in [2.24, 2.45) is 5.92 Å². The van der Waals surface area contributed by atoms with Crippen LogP contribution in [-0.2, 0) is 16.0 Å². The summed E-state index contributed by atoms with van der Waals surface area (Å²) in [6.45, 7) is 9.63. The van der Waals surface area contributed by atoms with Gasteiger partial charge in [-0.15, -0.1) is 0 Å². The fraction of sp³-hybridized carbons (Fsp3) is 0.414. The molecule has 4 rings (SSSR count). The molecule has 196 valence electrons. The highest BCUT2D eigenvalue weighted by Crippen LogP contribution is 2.29. The Balaban J connectivity index is 1.45. The van der Waals surface area contributed by atoms with E-state index in [1.807, 2.05) is 80.1 Å². The van der Waals surface area contributed by atoms with Crippen molar-refractivity contribution in [1.29, 1.82) is 0 Å². The van der Waals surface area contributed by atoms with E-state index in [9.17, 15) is 9.59 Å². The third-order valence-corrected chi connectivity index (χ3v) is 6.08. The molecule has 37 heavy (non-hydrogen) atoms. The van der Waals surface area contributed by atoms with E-state index >= 15 is 0 Å². The molecule has 3 aromatic rings. The van der Waals surface area contributed by atoms with Crippen LogP contribution in [0.15, 0.2) is 60.8 Å². The summed E-state index contributed by atoms with van der Waals surface area (Å²) in [5, 5.41) is 4.76. The second-order valence-electron chi connectivity index (χ2n) is 10.2. The maximum Gasteiger partial charge on any atom is 0.410 e. The van der Waals surface area contributed by atoms with E-state index in [1.54, 1.807) is 18.0 Å². The minimum Gasteiger partial charge on any atom is -0.462 e. The summed E-state index contributed by atoms with van der Waals surface area (Å²) < 4.78 is 18.5. The van der Waals surface area contributed by atoms with Gasteiger partial charge >= 0.3 is 12.1 Å². The number of benzene rings is 2. The average Bonchev–Trinajstić information content (AvgIpc) is 3.28. The van der Waals surface area contributed by atoms with Gasteiger partial charge in [0.05, 0.1) is 6.61 Å². The van der Waals surface area contributed by atoms with Crippen LogP contribution in [0.25, 0.3) is 11.3 Å². The number of hydrogen-bond donors (Lipinski definition) is 0. The first-order chi connectivity index (χ1) is 17.7. The van der Waals surface area contributed by atoms with Gasteiger partial charge in [0.2, 0.25) is 0 Å². The molecule has 8 heteroatoms. The number of carbonyl (C=O) groups excluding carboxylic acids is 2. The second-order valence-corrected chi connectivity index (χ2v) is 10.2. The van der Waals surface area contributed by atoms with Gasteiger partial charge in [-0.25, -0.2) is 9.59 Å². The average molecular weight is 506 g/mol. The Labute approximate surface area is 218 Å². The van der Waals surface area contributed by atoms with Gasteiger partial charge in [0.25, 0.3) is 0 Å². The first-order valence-corrected chi connectivity index (χ1v) is 12.8. The van der Waals surface area contributed by atoms with Gasteiger partial charge in [0.1, 0.15) is 28.4 Å². The molecular formula is C29H35N3O5. The van der Waals surface area contributed by atoms with Crippen molar-refractivity contribution in [2.75, 3.05) is 19.7 Å². The van der Waals surface area contributed by atoms with Crippen molar-refractivity contribution in [3.63, 3.8) is 0 Å². The highest BCUT2D eigenvalue weighted by Gasteiger charge is 2.28. The van der Waals surface area contributed by atoms with Crippen LogP contribution in [0, 0.1) is 5.92 Å². The van der Waals surface area contributed by atoms with Crippen LogP contribution in [0.1, 0.15) is 50.9 Å². The van der Waals surface area contributed by atoms with Gasteiger partial charge in [0.15, 0.2) is 0 Å². The molecule has 2 heterocycles. The standard InChI is InChI=1S/C29H35N3O5/c1-5-35-27(33)25-20-32(19-21-15-17-31(18-16-21)28(34)37-29(2,3)4)30-26(25)22-11-13-24(14-12-22)36-23-9-7-6-8-10-23/h6-14,20-21H,5,15-19H2,1-4H3. The second kappa shape index (κ2) is 11.5. The maximum absolute atomic E-state index is 12.7. The van der Waals surface area contributed by atoms with Crippen molar-refractivity contribution < 1.29 is 23.8 Å². The number of para-hydroxylation sites is 1. The third kappa shape index (κ3) is 7.12. The zero-order valence-corrected chi connectivity index (χ0v) is 22.0. The van der Waals surface area contributed by atoms with Crippen LogP contribution < -0.4 is 4.74 Å². The number of rotatable bonds is 7. The zero-order chi connectivity index (χ0) is 26.4. The van der Waals surface area contributed by atoms with E-state index in [-0.39, 0.29) is 12.7 Å². The minimum absolute atomic E-state index is 0.267. The number of likely N-dealkylation sites (tertiary alicyclic amines) is 1. The topological polar surface area (TPSA) is 82.9 Å². The quantitative estimate of drug-likeness (QED) is 0.357. The van der Waals surface area contributed by atoms with Crippen LogP contribution >= 0.6 is 0 Å². The van der Waals surface area contributed by atoms with Gasteiger partial charge in [-0.3, -0.25) is 4.68 Å². The molecule has 0 spiro atoms. The third-order valence-electron chi connectivity index (χ3n) is 6.08. The highest BCUT2D eigenvalue weighted by atomic mass is 16.6. The summed E-state index contributed by atoms with van der Waals surface area (Å²) >= 11 is 0. The van der Waals surface area contributed by atoms with Gasteiger partial charge in [-0.2, -0.15) is 5.10 Å². The summed E-state index contributed by atoms with van der Waals surface area (Å²) in [7, 11) is 0. The lowest BCUT2D eigenvalue weighted by Gasteiger charge is -2.33. The van der Waals surface area contributed by atoms with E-state index < -0.39 is 11.6 Å². The Morgan fingerprint density at radius 2 is 1.62 bits per heavy atom. The number of amides is 1. The van der Waals surface area contributed by atoms with E-state index in [1.165, 1.54) is 0 Å². The molecule has 1 aliphatic rings. The molecule has 1 fully saturated rings. The fourth-order valence-electron chi connectivity index (χ4n) is 4.28. The molecule has 1 aromatic heterocycles. The number of esters is 1. The van der Waals surface area contributed by atoms with Crippen molar-refractivity contribution in [2.45, 2.75) is 52.7 Å². The normalized spacial score (nSPS) is 14.3. The summed E-state index contributed by atoms with van der Waals surface area (Å²) in [6.07, 6.45) is 3.18. The molecule has 0 unspecified atom stereocenters. The van der Waals surface area contributed by atoms with Gasteiger partial charge < -0.3 is 19.1 Å². The van der Waals surface area contributed by atoms with Crippen molar-refractivity contribution in [1.82, 2.24) is 14.7 Å². The molecular weight excluding hydrogens is 470 g/mol. The first kappa shape index (κ1) is 26.3. The number of nitrogens with zero attached hydrogens (tertiary/aromatic N) is 3. The molecule has 1 aliphatic heterocycles. The number of hydrogen-bond acceptors (Lipinski definition) is 6. The molecule has 1 saturated heterocycles. The van der Waals surface area contributed by atoms with E-state index in [0.717, 1.165) is 24.2 Å². The van der Waals surface area contributed by atoms with Crippen LogP contribution in [0.4, 0.5) is 4.79 Å². The van der Waals surface area contributed by atoms with Crippen LogP contribution in [0.3, 0.4) is 0 Å². The predicted molar refractivity (Wildman–Crippen MR) is 141 cm³/mol. The van der Waals surface area contributed by atoms with E-state index in [4.69, 9.17) is 19.3 Å². The van der Waals surface area contributed by atoms with Crippen molar-refractivity contribution in [3.05, 3.63) is 66.4 Å². The van der Waals surface area contributed by atoms with Gasteiger partial charge in [0, 0.05) is 31.4 Å². The number of piperidine rings is 1. The number of aromatic nitrogens is 2. The summed E-state index contributed by atoms with van der Waals surface area (Å²) in [4.78, 5) is 26.9. The molecule has 0 radical (unpaired) electrons. The lowest BCUT2D eigenvalue weighted by atomic mass is 9.97. The summed E-state index contributed by atoms with van der Waals surface area (Å²) in [5.41, 5.74) is 1.32. The Morgan fingerprint density at radius 1 is 0.973 bits per heavy atom. The van der Waals surface area contributed by atoms with E-state index in [2.05, 4.69) is 0 Å². The number of carbonyl (C=O) groups is 2. The Kier molecular flexibility index (Phi) is 8.16. The molecule has 2 aromatic carbocycles. The van der Waals surface area contributed by atoms with Crippen molar-refractivity contribution in [3.8, 4) is 22.8 Å². The smallest absolute Gasteiger partial charge is 0.410 e. The highest BCUT2D eigenvalue weighted by molar-refractivity contribution is 5.96. The predicted octanol–water partition coefficient (Wildman–Crippen LogP) is 6.17. The molecule has 0 aliphatic carbocycles. The van der Waals surface area contributed by atoms with Crippen molar-refractivity contribution >= 4 is 12.1 Å². The van der Waals surface area contributed by atoms with E-state index in [0.29, 0.717) is 42.6 Å². The zero-order valence-electron chi connectivity index (χ0n) is 22.0. The molecule has 0 bridgehead atoms. The monoisotopic (exact) mass is 505 g/mol. The SMILES string of the molecule is CCOC(=O)c1cn(CC2CCN(C(=O)OC(C)(C)C)CC2)nc1-c1ccc(Oc2ccccc2)cc1. The van der Waals surface area contributed by atoms with Crippen LogP contribution in [-0.4, -0.2) is 52.0 Å². The molecule has 0 saturated carbocycles. The summed E-state index contributed by atoms with van der Waals surface area (Å²) in [5.74, 6) is 1.39. The maximum atomic E-state index is 12.7. The van der Waals surface area contributed by atoms with Gasteiger partial charge in [-0.05, 0) is 82.9 Å². The Bertz CT molecular complexity index is 1190. The molecule has 0 N–H and O–H groups in total. The lowest BCUT2D eigenvalue weighted by Crippen LogP contribution is -2.42. The first-order valence-electron chi connectivity index (χ1n) is 12.8. The minimum atomic E-state index is -0.505. The molecule has 1 amide bonds. The fourth-order valence-corrected chi connectivity index (χ4v) is 4.28. The summed E-state index contributed by atoms with van der Waals surface area (Å²) in [6, 6.07) is 17.1. The molecule has 0 atom stereocenters. The Hall–Kier alpha value is -3.81. The Morgan fingerprint density at radius 3 is 2.24 bits per heavy atom. The largest absolute Gasteiger partial charge is 0.462 e. The number of ether oxygens (including phenoxy) is 3. The van der Waals surface area contributed by atoms with Crippen LogP contribution in [0.2, 0.25) is 0 Å². The molecule has 8 nitrogen and oxygen atoms in total. The lowest BCUT2D eigenvalue weighted by molar-refractivity contribution is 0.0176.